The average molecular weight is 260 g/mol. The molecule has 2 rings (SSSR count). The summed E-state index contributed by atoms with van der Waals surface area (Å²) in [5.74, 6) is 1.16. The maximum Gasteiger partial charge on any atom is 0.168 e. The molecule has 1 heterocycles. The van der Waals surface area contributed by atoms with Crippen LogP contribution < -0.4 is 0 Å². The normalized spacial score (nSPS) is 10.6. The summed E-state index contributed by atoms with van der Waals surface area (Å²) >= 11 is 15.9. The van der Waals surface area contributed by atoms with Crippen molar-refractivity contribution in [3.05, 3.63) is 40.0 Å². The van der Waals surface area contributed by atoms with Gasteiger partial charge in [-0.1, -0.05) is 28.4 Å². The number of halogens is 2. The number of nitrogens with zero attached hydrogens (tertiary/aromatic N) is 1. The Bertz CT molecular complexity index is 484. The summed E-state index contributed by atoms with van der Waals surface area (Å²) in [5, 5.41) is 4.97. The predicted octanol–water partition coefficient (Wildman–Crippen LogP) is 4.08. The molecule has 2 aromatic rings. The highest BCUT2D eigenvalue weighted by Crippen LogP contribution is 2.30. The molecule has 0 saturated heterocycles. The van der Waals surface area contributed by atoms with Crippen LogP contribution in [0.15, 0.2) is 28.8 Å². The van der Waals surface area contributed by atoms with Crippen LogP contribution in [0.25, 0.3) is 11.3 Å². The molecule has 0 amide bonds. The second-order valence-electron chi connectivity index (χ2n) is 2.96. The van der Waals surface area contributed by atoms with Crippen LogP contribution in [0.4, 0.5) is 0 Å². The lowest BCUT2D eigenvalue weighted by Crippen LogP contribution is -1.76. The fourth-order valence-corrected chi connectivity index (χ4v) is 1.85. The first-order valence-electron chi connectivity index (χ1n) is 4.22. The van der Waals surface area contributed by atoms with Gasteiger partial charge in [0.25, 0.3) is 0 Å². The Morgan fingerprint density at radius 1 is 1.27 bits per heavy atom. The topological polar surface area (TPSA) is 26.0 Å². The molecule has 0 radical (unpaired) electrons. The van der Waals surface area contributed by atoms with E-state index in [9.17, 15) is 0 Å². The average Bonchev–Trinajstić information content (AvgIpc) is 2.66. The fourth-order valence-electron chi connectivity index (χ4n) is 1.20. The lowest BCUT2D eigenvalue weighted by atomic mass is 10.1. The second kappa shape index (κ2) is 4.47. The van der Waals surface area contributed by atoms with Crippen LogP contribution in [-0.4, -0.2) is 5.16 Å². The molecule has 0 aliphatic carbocycles. The van der Waals surface area contributed by atoms with Crippen LogP contribution in [0, 0.1) is 0 Å². The molecule has 0 aliphatic rings. The highest BCUT2D eigenvalue weighted by atomic mass is 35.5. The number of thiol groups is 1. The Labute approximate surface area is 103 Å². The van der Waals surface area contributed by atoms with E-state index >= 15 is 0 Å². The monoisotopic (exact) mass is 259 g/mol. The molecule has 0 saturated carbocycles. The summed E-state index contributed by atoms with van der Waals surface area (Å²) in [6.07, 6.45) is 0. The smallest absolute Gasteiger partial charge is 0.168 e. The van der Waals surface area contributed by atoms with E-state index in [-0.39, 0.29) is 0 Å². The highest BCUT2D eigenvalue weighted by molar-refractivity contribution is 7.79. The molecule has 2 nitrogen and oxygen atoms in total. The van der Waals surface area contributed by atoms with E-state index in [0.29, 0.717) is 21.6 Å². The molecule has 1 aromatic heterocycles. The fraction of sp³-hybridized carbons (Fsp3) is 0.100. The van der Waals surface area contributed by atoms with Crippen molar-refractivity contribution >= 4 is 35.8 Å². The van der Waals surface area contributed by atoms with E-state index in [1.54, 1.807) is 18.2 Å². The first-order valence-corrected chi connectivity index (χ1v) is 5.61. The third kappa shape index (κ3) is 2.30. The Kier molecular flexibility index (Phi) is 3.24. The zero-order valence-corrected chi connectivity index (χ0v) is 9.98. The summed E-state index contributed by atoms with van der Waals surface area (Å²) in [5.41, 5.74) is 1.56. The quantitative estimate of drug-likeness (QED) is 0.823. The van der Waals surface area contributed by atoms with Crippen molar-refractivity contribution in [2.45, 2.75) is 5.75 Å². The van der Waals surface area contributed by atoms with Crippen LogP contribution in [0.3, 0.4) is 0 Å². The molecule has 78 valence electrons. The summed E-state index contributed by atoms with van der Waals surface area (Å²) in [4.78, 5) is 0. The van der Waals surface area contributed by atoms with Crippen LogP contribution >= 0.6 is 35.8 Å². The Morgan fingerprint density at radius 2 is 2.07 bits per heavy atom. The van der Waals surface area contributed by atoms with Gasteiger partial charge in [0.1, 0.15) is 0 Å². The van der Waals surface area contributed by atoms with Gasteiger partial charge < -0.3 is 4.52 Å². The van der Waals surface area contributed by atoms with Gasteiger partial charge in [0.05, 0.1) is 10.7 Å². The number of aromatic nitrogens is 1. The Hall–Kier alpha value is -0.640. The van der Waals surface area contributed by atoms with Crippen molar-refractivity contribution in [1.82, 2.24) is 5.16 Å². The minimum absolute atomic E-state index is 0.536. The van der Waals surface area contributed by atoms with Crippen molar-refractivity contribution in [3.63, 3.8) is 0 Å². The minimum atomic E-state index is 0.536. The van der Waals surface area contributed by atoms with Gasteiger partial charge in [0, 0.05) is 22.4 Å². The first kappa shape index (κ1) is 10.9. The van der Waals surface area contributed by atoms with E-state index in [4.69, 9.17) is 27.7 Å². The van der Waals surface area contributed by atoms with Gasteiger partial charge in [0.2, 0.25) is 0 Å². The van der Waals surface area contributed by atoms with Crippen LogP contribution in [0.5, 0.6) is 0 Å². The van der Waals surface area contributed by atoms with Crippen molar-refractivity contribution < 1.29 is 4.52 Å². The summed E-state index contributed by atoms with van der Waals surface area (Å²) in [7, 11) is 0. The van der Waals surface area contributed by atoms with Crippen LogP contribution in [0.1, 0.15) is 5.69 Å². The number of hydrogen-bond donors (Lipinski definition) is 1. The van der Waals surface area contributed by atoms with Crippen molar-refractivity contribution in [3.8, 4) is 11.3 Å². The first-order chi connectivity index (χ1) is 7.20. The molecule has 0 aliphatic heterocycles. The van der Waals surface area contributed by atoms with Crippen LogP contribution in [0.2, 0.25) is 10.0 Å². The maximum absolute atomic E-state index is 6.03. The van der Waals surface area contributed by atoms with E-state index in [2.05, 4.69) is 17.8 Å². The van der Waals surface area contributed by atoms with E-state index in [1.165, 1.54) is 0 Å². The largest absolute Gasteiger partial charge is 0.356 e. The Morgan fingerprint density at radius 3 is 2.67 bits per heavy atom. The zero-order valence-electron chi connectivity index (χ0n) is 7.58. The molecule has 0 bridgehead atoms. The maximum atomic E-state index is 6.03. The standard InChI is InChI=1S/C10H7Cl2NOS/c11-6-1-2-8(9(12)3-6)10-4-7(5-15)13-14-10/h1-4,15H,5H2. The van der Waals surface area contributed by atoms with Crippen molar-refractivity contribution in [1.29, 1.82) is 0 Å². The summed E-state index contributed by atoms with van der Waals surface area (Å²) in [6, 6.07) is 7.03. The van der Waals surface area contributed by atoms with Crippen LogP contribution in [-0.2, 0) is 5.75 Å². The lowest BCUT2D eigenvalue weighted by Gasteiger charge is -1.99. The van der Waals surface area contributed by atoms with E-state index in [1.807, 2.05) is 6.07 Å². The lowest BCUT2D eigenvalue weighted by molar-refractivity contribution is 0.426. The molecule has 0 spiro atoms. The van der Waals surface area contributed by atoms with Gasteiger partial charge in [0.15, 0.2) is 5.76 Å². The van der Waals surface area contributed by atoms with Crippen molar-refractivity contribution in [2.24, 2.45) is 0 Å². The SMILES string of the molecule is SCc1cc(-c2ccc(Cl)cc2Cl)on1. The molecule has 1 aromatic carbocycles. The van der Waals surface area contributed by atoms with E-state index in [0.717, 1.165) is 11.3 Å². The number of benzene rings is 1. The molecule has 0 fully saturated rings. The number of hydrogen-bond acceptors (Lipinski definition) is 3. The Balaban J connectivity index is 2.44. The highest BCUT2D eigenvalue weighted by Gasteiger charge is 2.09. The van der Waals surface area contributed by atoms with Gasteiger partial charge in [-0.2, -0.15) is 12.6 Å². The third-order valence-electron chi connectivity index (χ3n) is 1.92. The van der Waals surface area contributed by atoms with Gasteiger partial charge in [-0.3, -0.25) is 0 Å². The van der Waals surface area contributed by atoms with Crippen molar-refractivity contribution in [2.75, 3.05) is 0 Å². The number of rotatable bonds is 2. The summed E-state index contributed by atoms with van der Waals surface area (Å²) < 4.78 is 5.14. The molecular formula is C10H7Cl2NOS. The zero-order chi connectivity index (χ0) is 10.8. The van der Waals surface area contributed by atoms with Gasteiger partial charge in [-0.25, -0.2) is 0 Å². The van der Waals surface area contributed by atoms with E-state index < -0.39 is 0 Å². The van der Waals surface area contributed by atoms with Gasteiger partial charge in [-0.15, -0.1) is 0 Å². The second-order valence-corrected chi connectivity index (χ2v) is 4.12. The molecule has 5 heteroatoms. The minimum Gasteiger partial charge on any atom is -0.356 e. The predicted molar refractivity (Wildman–Crippen MR) is 64.6 cm³/mol. The molecular weight excluding hydrogens is 253 g/mol. The molecule has 0 N–H and O–H groups in total. The van der Waals surface area contributed by atoms with Gasteiger partial charge in [-0.05, 0) is 18.2 Å². The molecule has 0 unspecified atom stereocenters. The molecule has 0 atom stereocenters. The molecule has 15 heavy (non-hydrogen) atoms. The summed E-state index contributed by atoms with van der Waals surface area (Å²) in [6.45, 7) is 0. The van der Waals surface area contributed by atoms with Gasteiger partial charge >= 0.3 is 0 Å². The third-order valence-corrected chi connectivity index (χ3v) is 2.79.